The molecule has 7 nitrogen and oxygen atoms in total. The zero-order valence-electron chi connectivity index (χ0n) is 39.6. The summed E-state index contributed by atoms with van der Waals surface area (Å²) in [6.45, 7) is 1.93. The zero-order chi connectivity index (χ0) is 45.1. The fourth-order valence-electron chi connectivity index (χ4n) is 13.0. The van der Waals surface area contributed by atoms with Gasteiger partial charge in [0.05, 0.1) is 23.3 Å². The number of benzene rings is 4. The number of aliphatic hydroxyl groups excluding tert-OH is 1. The van der Waals surface area contributed by atoms with E-state index in [0.717, 1.165) is 93.2 Å². The summed E-state index contributed by atoms with van der Waals surface area (Å²) in [7, 11) is 3.60. The van der Waals surface area contributed by atoms with Crippen molar-refractivity contribution in [2.75, 3.05) is 20.8 Å². The molecule has 2 aliphatic heterocycles. The average molecular weight is 1000 g/mol. The van der Waals surface area contributed by atoms with Crippen molar-refractivity contribution >= 4 is 11.7 Å². The Morgan fingerprint density at radius 2 is 1.16 bits per heavy atom. The molecule has 0 radical (unpaired) electrons. The third kappa shape index (κ3) is 8.23. The number of fused-ring (bicyclic) bond motifs is 10. The first-order valence-electron chi connectivity index (χ1n) is 24.3. The zero-order valence-corrected chi connectivity index (χ0v) is 41.2. The van der Waals surface area contributed by atoms with Crippen LogP contribution in [-0.2, 0) is 60.2 Å². The summed E-state index contributed by atoms with van der Waals surface area (Å²) in [5.41, 5.74) is 21.8. The number of rotatable bonds is 5. The number of hydrogen-bond donors (Lipinski definition) is 3. The number of aliphatic hydroxyl groups is 1. The Kier molecular flexibility index (Phi) is 14.2. The van der Waals surface area contributed by atoms with Crippen LogP contribution in [0, 0.1) is 53.6 Å². The van der Waals surface area contributed by atoms with Gasteiger partial charge in [0.15, 0.2) is 0 Å². The fraction of sp³-hybridized carbons (Fsp3) is 0.491. The fourth-order valence-corrected chi connectivity index (χ4v) is 13.0. The average Bonchev–Trinajstić information content (AvgIpc) is 4.24. The van der Waals surface area contributed by atoms with Gasteiger partial charge in [-0.3, -0.25) is 9.98 Å². The minimum Gasteiger partial charge on any atom is -0.397 e. The standard InChI is InChI=1S/C27H31FN2O.C27H27FN2O.C2H6O.CH3.Pd.H2/c2*1-31-20-11-13-26(14-12-20)16-19-10-9-18(8-7-17-5-6-17)15-22(19)27(26)21-3-2-4-23(28)24(21)25(29)30-27;1-2-3;;;/h2-4,9-10,15,17,20H,5-8,11-14,16H2,1H3,(H2,29,30);2-4,9-10,15,17,20H,5-6,11-14,16H2,1H3,(H2,29,30);3H,2H2,1H3;1H3;;1H/q;;;-1;;. The number of aliphatic imine (C=N–C) groups is 2. The summed E-state index contributed by atoms with van der Waals surface area (Å²) in [6.07, 6.45) is 18.1. The van der Waals surface area contributed by atoms with Gasteiger partial charge >= 0.3 is 0 Å². The van der Waals surface area contributed by atoms with Crippen molar-refractivity contribution in [2.45, 2.75) is 133 Å². The molecule has 0 bridgehead atoms. The number of methoxy groups -OCH3 is 2. The van der Waals surface area contributed by atoms with E-state index in [-0.39, 0.29) is 64.5 Å². The summed E-state index contributed by atoms with van der Waals surface area (Å²) in [5.74, 6) is 8.35. The Morgan fingerprint density at radius 3 is 1.63 bits per heavy atom. The number of amidine groups is 2. The van der Waals surface area contributed by atoms with E-state index in [1.807, 2.05) is 19.2 Å². The smallest absolute Gasteiger partial charge is 0.134 e. The SMILES string of the molecule is CCO.COC1CCC2(CC1)Cc1ccc(C#CC3CC3)cc1C21N=C(N)c2c(F)cccc21.COC1CCC2(CC1)Cc1ccc(CCC3CC3)cc1C21N=C(N)c2c(F)cccc21.[CH3-].[HH].[Pd]. The van der Waals surface area contributed by atoms with Crippen LogP contribution in [0.3, 0.4) is 0 Å². The van der Waals surface area contributed by atoms with Gasteiger partial charge in [-0.1, -0.05) is 73.2 Å². The molecule has 2 unspecified atom stereocenters. The number of ether oxygens (including phenoxy) is 2. The van der Waals surface area contributed by atoms with Crippen LogP contribution in [0.15, 0.2) is 82.8 Å². The molecule has 67 heavy (non-hydrogen) atoms. The van der Waals surface area contributed by atoms with Crippen LogP contribution in [0.25, 0.3) is 0 Å². The molecule has 2 atom stereocenters. The third-order valence-electron chi connectivity index (χ3n) is 16.5. The molecule has 4 spiro atoms. The minimum absolute atomic E-state index is 0. The van der Waals surface area contributed by atoms with E-state index in [4.69, 9.17) is 36.0 Å². The van der Waals surface area contributed by atoms with Crippen molar-refractivity contribution in [1.29, 1.82) is 0 Å². The van der Waals surface area contributed by atoms with E-state index in [2.05, 4.69) is 54.3 Å². The van der Waals surface area contributed by atoms with Crippen LogP contribution in [0.2, 0.25) is 0 Å². The monoisotopic (exact) mass is 1000 g/mol. The first-order chi connectivity index (χ1) is 31.5. The van der Waals surface area contributed by atoms with Gasteiger partial charge < -0.3 is 33.5 Å². The number of aryl methyl sites for hydroxylation is 1. The molecule has 5 N–H and O–H groups in total. The molecule has 8 aliphatic rings. The van der Waals surface area contributed by atoms with E-state index >= 15 is 0 Å². The predicted molar refractivity (Wildman–Crippen MR) is 261 cm³/mol. The van der Waals surface area contributed by atoms with Gasteiger partial charge in [-0.2, -0.15) is 0 Å². The molecule has 12 rings (SSSR count). The molecule has 4 fully saturated rings. The Hall–Kier alpha value is -4.22. The third-order valence-corrected chi connectivity index (χ3v) is 16.5. The van der Waals surface area contributed by atoms with E-state index in [9.17, 15) is 8.78 Å². The van der Waals surface area contributed by atoms with Crippen LogP contribution in [0.5, 0.6) is 0 Å². The molecular formula is C57H69F2N4O3Pd-. The Balaban J connectivity index is 0.000000183. The predicted octanol–water partition coefficient (Wildman–Crippen LogP) is 10.6. The molecule has 4 aromatic rings. The minimum atomic E-state index is -0.639. The number of nitrogens with two attached hydrogens (primary N) is 2. The van der Waals surface area contributed by atoms with Gasteiger partial charge in [-0.25, -0.2) is 8.78 Å². The van der Waals surface area contributed by atoms with Gasteiger partial charge in [0.1, 0.15) is 34.4 Å². The van der Waals surface area contributed by atoms with Gasteiger partial charge in [-0.15, -0.1) is 0 Å². The second-order valence-electron chi connectivity index (χ2n) is 20.2. The molecule has 4 saturated carbocycles. The van der Waals surface area contributed by atoms with E-state index in [1.165, 1.54) is 72.1 Å². The molecule has 2 heterocycles. The van der Waals surface area contributed by atoms with Crippen molar-refractivity contribution in [3.63, 3.8) is 0 Å². The maximum atomic E-state index is 14.9. The Morgan fingerprint density at radius 1 is 0.687 bits per heavy atom. The van der Waals surface area contributed by atoms with Crippen molar-refractivity contribution < 1.29 is 45.2 Å². The maximum Gasteiger partial charge on any atom is 0.134 e. The van der Waals surface area contributed by atoms with Crippen LogP contribution in [0.1, 0.15) is 147 Å². The van der Waals surface area contributed by atoms with Gasteiger partial charge in [-0.05, 0) is 166 Å². The van der Waals surface area contributed by atoms with E-state index in [1.54, 1.807) is 20.1 Å². The Bertz CT molecular complexity index is 2620. The maximum absolute atomic E-state index is 14.9. The van der Waals surface area contributed by atoms with E-state index in [0.29, 0.717) is 34.8 Å². The summed E-state index contributed by atoms with van der Waals surface area (Å²) in [5, 5.41) is 7.57. The van der Waals surface area contributed by atoms with Crippen LogP contribution >= 0.6 is 0 Å². The molecule has 360 valence electrons. The quantitative estimate of drug-likeness (QED) is 0.105. The second-order valence-corrected chi connectivity index (χ2v) is 20.2. The molecule has 0 saturated heterocycles. The Labute approximate surface area is 412 Å². The van der Waals surface area contributed by atoms with E-state index < -0.39 is 11.1 Å². The first kappa shape index (κ1) is 49.2. The molecule has 10 heteroatoms. The molecule has 4 aromatic carbocycles. The molecule has 6 aliphatic carbocycles. The second kappa shape index (κ2) is 19.3. The summed E-state index contributed by atoms with van der Waals surface area (Å²) < 4.78 is 41.2. The topological polar surface area (TPSA) is 115 Å². The van der Waals surface area contributed by atoms with Gasteiger partial charge in [0, 0.05) is 65.0 Å². The molecule has 0 amide bonds. The van der Waals surface area contributed by atoms with Crippen LogP contribution in [0.4, 0.5) is 8.78 Å². The van der Waals surface area contributed by atoms with Gasteiger partial charge in [0.2, 0.25) is 0 Å². The van der Waals surface area contributed by atoms with Crippen LogP contribution < -0.4 is 11.5 Å². The largest absolute Gasteiger partial charge is 0.397 e. The van der Waals surface area contributed by atoms with Gasteiger partial charge in [0.25, 0.3) is 0 Å². The summed E-state index contributed by atoms with van der Waals surface area (Å²) in [4.78, 5) is 10.3. The van der Waals surface area contributed by atoms with Crippen molar-refractivity contribution in [1.82, 2.24) is 0 Å². The number of halogens is 2. The van der Waals surface area contributed by atoms with Crippen molar-refractivity contribution in [3.8, 4) is 11.8 Å². The van der Waals surface area contributed by atoms with Crippen molar-refractivity contribution in [3.05, 3.63) is 147 Å². The number of nitrogens with zero attached hydrogens (tertiary/aromatic N) is 2. The normalized spacial score (nSPS) is 28.9. The first-order valence-corrected chi connectivity index (χ1v) is 24.3. The van der Waals surface area contributed by atoms with Crippen molar-refractivity contribution in [2.24, 2.45) is 44.1 Å². The molecular weight excluding hydrogens is 933 g/mol. The van der Waals surface area contributed by atoms with Crippen LogP contribution in [-0.4, -0.2) is 49.8 Å². The molecule has 0 aromatic heterocycles. The summed E-state index contributed by atoms with van der Waals surface area (Å²) >= 11 is 0. The number of hydrogen-bond acceptors (Lipinski definition) is 7. The summed E-state index contributed by atoms with van der Waals surface area (Å²) in [6, 6.07) is 24.3.